The number of anilines is 1. The van der Waals surface area contributed by atoms with Crippen LogP contribution in [-0.4, -0.2) is 16.5 Å². The molecular weight excluding hydrogens is 310 g/mol. The van der Waals surface area contributed by atoms with Crippen LogP contribution in [0.25, 0.3) is 0 Å². The number of nitrogens with one attached hydrogen (secondary N) is 1. The van der Waals surface area contributed by atoms with Gasteiger partial charge in [-0.1, -0.05) is 6.07 Å². The Morgan fingerprint density at radius 1 is 1.28 bits per heavy atom. The Morgan fingerprint density at radius 2 is 2.17 bits per heavy atom. The van der Waals surface area contributed by atoms with Gasteiger partial charge in [-0.3, -0.25) is 0 Å². The van der Waals surface area contributed by atoms with E-state index in [2.05, 4.69) is 44.2 Å². The van der Waals surface area contributed by atoms with E-state index in [0.717, 1.165) is 27.6 Å². The second-order valence-corrected chi connectivity index (χ2v) is 5.48. The quantitative estimate of drug-likeness (QED) is 0.845. The fourth-order valence-electron chi connectivity index (χ4n) is 1.42. The number of rotatable bonds is 5. The van der Waals surface area contributed by atoms with E-state index in [9.17, 15) is 0 Å². The molecular formula is C13H14BrN3S. The second kappa shape index (κ2) is 6.75. The molecule has 0 atom stereocenters. The smallest absolute Gasteiger partial charge is 0.125 e. The lowest BCUT2D eigenvalue weighted by Gasteiger charge is -2.05. The number of aromatic nitrogens is 2. The topological polar surface area (TPSA) is 37.8 Å². The van der Waals surface area contributed by atoms with Crippen molar-refractivity contribution in [1.29, 1.82) is 0 Å². The van der Waals surface area contributed by atoms with Gasteiger partial charge in [0.25, 0.3) is 0 Å². The maximum Gasteiger partial charge on any atom is 0.125 e. The SMILES string of the molecule is CCNc1ccc(CSc2ncccc2Br)cn1. The van der Waals surface area contributed by atoms with E-state index in [1.54, 1.807) is 18.0 Å². The minimum atomic E-state index is 0.870. The Labute approximate surface area is 120 Å². The Morgan fingerprint density at radius 3 is 2.83 bits per heavy atom. The summed E-state index contributed by atoms with van der Waals surface area (Å²) in [6.07, 6.45) is 3.71. The fraction of sp³-hybridized carbons (Fsp3) is 0.231. The minimum Gasteiger partial charge on any atom is -0.370 e. The van der Waals surface area contributed by atoms with Crippen molar-refractivity contribution in [1.82, 2.24) is 9.97 Å². The molecule has 2 heterocycles. The number of pyridine rings is 2. The van der Waals surface area contributed by atoms with E-state index in [-0.39, 0.29) is 0 Å². The Bertz CT molecular complexity index is 502. The maximum absolute atomic E-state index is 4.35. The van der Waals surface area contributed by atoms with Crippen LogP contribution in [0.15, 0.2) is 46.2 Å². The largest absolute Gasteiger partial charge is 0.370 e. The van der Waals surface area contributed by atoms with E-state index >= 15 is 0 Å². The Balaban J connectivity index is 1.96. The van der Waals surface area contributed by atoms with Crippen LogP contribution in [0.5, 0.6) is 0 Å². The summed E-state index contributed by atoms with van der Waals surface area (Å²) in [6, 6.07) is 8.02. The van der Waals surface area contributed by atoms with Gasteiger partial charge in [-0.15, -0.1) is 11.8 Å². The van der Waals surface area contributed by atoms with Gasteiger partial charge in [-0.05, 0) is 46.6 Å². The summed E-state index contributed by atoms with van der Waals surface area (Å²) >= 11 is 5.19. The molecule has 2 rings (SSSR count). The van der Waals surface area contributed by atoms with Gasteiger partial charge in [-0.2, -0.15) is 0 Å². The van der Waals surface area contributed by atoms with Crippen molar-refractivity contribution in [2.45, 2.75) is 17.7 Å². The average molecular weight is 324 g/mol. The highest BCUT2D eigenvalue weighted by atomic mass is 79.9. The van der Waals surface area contributed by atoms with Gasteiger partial charge < -0.3 is 5.32 Å². The van der Waals surface area contributed by atoms with Gasteiger partial charge in [0.15, 0.2) is 0 Å². The molecule has 0 spiro atoms. The van der Waals surface area contributed by atoms with Crippen LogP contribution < -0.4 is 5.32 Å². The van der Waals surface area contributed by atoms with Gasteiger partial charge in [0.1, 0.15) is 10.8 Å². The molecule has 2 aromatic heterocycles. The molecule has 1 N–H and O–H groups in total. The standard InChI is InChI=1S/C13H14BrN3S/c1-2-15-12-6-5-10(8-17-12)9-18-13-11(14)4-3-7-16-13/h3-8H,2,9H2,1H3,(H,15,17). The summed E-state index contributed by atoms with van der Waals surface area (Å²) in [7, 11) is 0. The Kier molecular flexibility index (Phi) is 5.01. The van der Waals surface area contributed by atoms with Crippen molar-refractivity contribution in [2.75, 3.05) is 11.9 Å². The van der Waals surface area contributed by atoms with Crippen molar-refractivity contribution in [2.24, 2.45) is 0 Å². The first-order valence-corrected chi connectivity index (χ1v) is 7.49. The lowest BCUT2D eigenvalue weighted by molar-refractivity contribution is 1.10. The van der Waals surface area contributed by atoms with E-state index in [4.69, 9.17) is 0 Å². The van der Waals surface area contributed by atoms with Gasteiger partial charge in [0, 0.05) is 29.2 Å². The van der Waals surface area contributed by atoms with Crippen LogP contribution >= 0.6 is 27.7 Å². The number of nitrogens with zero attached hydrogens (tertiary/aromatic N) is 2. The average Bonchev–Trinajstić information content (AvgIpc) is 2.40. The summed E-state index contributed by atoms with van der Waals surface area (Å²) in [5.74, 6) is 1.79. The van der Waals surface area contributed by atoms with E-state index < -0.39 is 0 Å². The first kappa shape index (κ1) is 13.4. The molecule has 0 amide bonds. The first-order valence-electron chi connectivity index (χ1n) is 5.71. The van der Waals surface area contributed by atoms with Gasteiger partial charge in [0.05, 0.1) is 0 Å². The van der Waals surface area contributed by atoms with Crippen molar-refractivity contribution in [3.63, 3.8) is 0 Å². The van der Waals surface area contributed by atoms with Crippen LogP contribution in [0.1, 0.15) is 12.5 Å². The number of hydrogen-bond donors (Lipinski definition) is 1. The van der Waals surface area contributed by atoms with Gasteiger partial charge in [-0.25, -0.2) is 9.97 Å². The first-order chi connectivity index (χ1) is 8.79. The van der Waals surface area contributed by atoms with Crippen LogP contribution in [0.2, 0.25) is 0 Å². The highest BCUT2D eigenvalue weighted by molar-refractivity contribution is 9.10. The van der Waals surface area contributed by atoms with Gasteiger partial charge >= 0.3 is 0 Å². The molecule has 0 aromatic carbocycles. The summed E-state index contributed by atoms with van der Waals surface area (Å²) in [6.45, 7) is 2.95. The van der Waals surface area contributed by atoms with E-state index in [0.29, 0.717) is 0 Å². The van der Waals surface area contributed by atoms with Crippen LogP contribution in [0, 0.1) is 0 Å². The molecule has 0 saturated carbocycles. The Hall–Kier alpha value is -1.07. The molecule has 0 aliphatic rings. The lowest BCUT2D eigenvalue weighted by atomic mass is 10.3. The third-order valence-electron chi connectivity index (χ3n) is 2.28. The van der Waals surface area contributed by atoms with E-state index in [1.807, 2.05) is 24.4 Å². The molecule has 0 unspecified atom stereocenters. The zero-order chi connectivity index (χ0) is 12.8. The summed E-state index contributed by atoms with van der Waals surface area (Å²) in [5, 5.41) is 4.19. The molecule has 5 heteroatoms. The molecule has 0 radical (unpaired) electrons. The van der Waals surface area contributed by atoms with Crippen molar-refractivity contribution in [3.05, 3.63) is 46.7 Å². The highest BCUT2D eigenvalue weighted by Crippen LogP contribution is 2.27. The normalized spacial score (nSPS) is 10.3. The highest BCUT2D eigenvalue weighted by Gasteiger charge is 2.02. The number of halogens is 1. The second-order valence-electron chi connectivity index (χ2n) is 3.66. The van der Waals surface area contributed by atoms with E-state index in [1.165, 1.54) is 5.56 Å². The predicted octanol–water partition coefficient (Wildman–Crippen LogP) is 3.96. The number of hydrogen-bond acceptors (Lipinski definition) is 4. The molecule has 0 bridgehead atoms. The minimum absolute atomic E-state index is 0.870. The summed E-state index contributed by atoms with van der Waals surface area (Å²) in [5.41, 5.74) is 1.19. The lowest BCUT2D eigenvalue weighted by Crippen LogP contribution is -1.98. The summed E-state index contributed by atoms with van der Waals surface area (Å²) < 4.78 is 1.03. The molecule has 2 aromatic rings. The van der Waals surface area contributed by atoms with Gasteiger partial charge in [0.2, 0.25) is 0 Å². The number of thioether (sulfide) groups is 1. The maximum atomic E-state index is 4.35. The molecule has 0 aliphatic carbocycles. The molecule has 94 valence electrons. The fourth-order valence-corrected chi connectivity index (χ4v) is 2.84. The third-order valence-corrected chi connectivity index (χ3v) is 4.26. The van der Waals surface area contributed by atoms with Crippen molar-refractivity contribution >= 4 is 33.5 Å². The van der Waals surface area contributed by atoms with Crippen molar-refractivity contribution in [3.8, 4) is 0 Å². The zero-order valence-electron chi connectivity index (χ0n) is 10.1. The monoisotopic (exact) mass is 323 g/mol. The zero-order valence-corrected chi connectivity index (χ0v) is 12.5. The van der Waals surface area contributed by atoms with Crippen LogP contribution in [-0.2, 0) is 5.75 Å². The molecule has 3 nitrogen and oxygen atoms in total. The predicted molar refractivity (Wildman–Crippen MR) is 79.9 cm³/mol. The molecule has 0 aliphatic heterocycles. The van der Waals surface area contributed by atoms with Crippen LogP contribution in [0.3, 0.4) is 0 Å². The summed E-state index contributed by atoms with van der Waals surface area (Å²) in [4.78, 5) is 8.67. The van der Waals surface area contributed by atoms with Crippen LogP contribution in [0.4, 0.5) is 5.82 Å². The molecule has 18 heavy (non-hydrogen) atoms. The third kappa shape index (κ3) is 3.71. The molecule has 0 fully saturated rings. The molecule has 0 saturated heterocycles. The van der Waals surface area contributed by atoms with Crippen molar-refractivity contribution < 1.29 is 0 Å².